The largest absolute Gasteiger partial charge is 0.478 e. The van der Waals surface area contributed by atoms with Gasteiger partial charge in [0.2, 0.25) is 5.91 Å². The molecule has 0 aliphatic carbocycles. The minimum absolute atomic E-state index is 0.136. The van der Waals surface area contributed by atoms with Crippen LogP contribution in [0.3, 0.4) is 0 Å². The number of ether oxygens (including phenoxy) is 1. The Morgan fingerprint density at radius 3 is 2.58 bits per heavy atom. The molecule has 2 rings (SSSR count). The van der Waals surface area contributed by atoms with Crippen molar-refractivity contribution in [1.82, 2.24) is 9.55 Å². The van der Waals surface area contributed by atoms with Crippen LogP contribution >= 0.6 is 0 Å². The van der Waals surface area contributed by atoms with Crippen molar-refractivity contribution in [3.05, 3.63) is 34.9 Å². The van der Waals surface area contributed by atoms with Crippen LogP contribution in [0.15, 0.2) is 29.2 Å². The number of carboxylic acid groups (broad SMARTS) is 1. The number of hydrogen-bond donors (Lipinski definition) is 5. The summed E-state index contributed by atoms with van der Waals surface area (Å²) in [6, 6.07) is 1.22. The summed E-state index contributed by atoms with van der Waals surface area (Å²) in [4.78, 5) is 37.2. The van der Waals surface area contributed by atoms with Crippen molar-refractivity contribution in [2.24, 2.45) is 0 Å². The Balaban J connectivity index is 2.15. The number of aliphatic carboxylic acids is 1. The Kier molecular flexibility index (Phi) is 5.41. The first-order valence-electron chi connectivity index (χ1n) is 6.77. The molecule has 24 heavy (non-hydrogen) atoms. The van der Waals surface area contributed by atoms with Gasteiger partial charge in [-0.15, -0.1) is 0 Å². The van der Waals surface area contributed by atoms with Crippen molar-refractivity contribution in [2.75, 3.05) is 11.9 Å². The molecule has 1 aliphatic rings. The number of aliphatic hydroxyl groups excluding tert-OH is 3. The molecule has 1 aromatic rings. The van der Waals surface area contributed by atoms with Crippen LogP contribution in [-0.2, 0) is 14.3 Å². The first-order valence-corrected chi connectivity index (χ1v) is 6.77. The predicted molar refractivity (Wildman–Crippen MR) is 76.9 cm³/mol. The number of hydrogen-bond acceptors (Lipinski definition) is 8. The van der Waals surface area contributed by atoms with Crippen molar-refractivity contribution in [3.8, 4) is 0 Å². The third-order valence-electron chi connectivity index (χ3n) is 3.25. The standard InChI is InChI=1S/C13H15N3O8/c17-5-6-10(21)11(22)12(24-6)16-4-3-7(15-13(16)23)14-8(18)1-2-9(19)20/h1-4,6,10-12,17,21-22H,5H2,(H,19,20)(H,14,15,18,23)/b2-1-. The fraction of sp³-hybridized carbons (Fsp3) is 0.385. The highest BCUT2D eigenvalue weighted by atomic mass is 16.6. The molecule has 4 atom stereocenters. The molecule has 1 saturated heterocycles. The number of aromatic nitrogens is 2. The van der Waals surface area contributed by atoms with E-state index in [1.165, 1.54) is 12.3 Å². The van der Waals surface area contributed by atoms with E-state index in [0.717, 1.165) is 10.6 Å². The van der Waals surface area contributed by atoms with Crippen LogP contribution in [0.25, 0.3) is 0 Å². The third-order valence-corrected chi connectivity index (χ3v) is 3.25. The van der Waals surface area contributed by atoms with Crippen molar-refractivity contribution < 1.29 is 34.8 Å². The van der Waals surface area contributed by atoms with Crippen molar-refractivity contribution >= 4 is 17.7 Å². The highest BCUT2D eigenvalue weighted by Crippen LogP contribution is 2.28. The van der Waals surface area contributed by atoms with Crippen molar-refractivity contribution in [3.63, 3.8) is 0 Å². The van der Waals surface area contributed by atoms with Crippen molar-refractivity contribution in [2.45, 2.75) is 24.5 Å². The molecule has 0 bridgehead atoms. The van der Waals surface area contributed by atoms with Crippen LogP contribution in [0.1, 0.15) is 6.23 Å². The SMILES string of the molecule is O=C(O)/C=C\C(=O)Nc1ccn(C2OC(CO)C(O)C2O)c(=O)n1. The third kappa shape index (κ3) is 3.83. The minimum atomic E-state index is -1.44. The molecule has 0 radical (unpaired) electrons. The lowest BCUT2D eigenvalue weighted by Gasteiger charge is -2.17. The number of nitrogens with one attached hydrogen (secondary N) is 1. The number of rotatable bonds is 5. The molecule has 11 nitrogen and oxygen atoms in total. The number of carbonyl (C=O) groups excluding carboxylic acids is 1. The van der Waals surface area contributed by atoms with E-state index >= 15 is 0 Å². The zero-order valence-electron chi connectivity index (χ0n) is 12.1. The number of carboxylic acids is 1. The Bertz CT molecular complexity index is 715. The van der Waals surface area contributed by atoms with Crippen LogP contribution in [0, 0.1) is 0 Å². The molecule has 130 valence electrons. The van der Waals surface area contributed by atoms with E-state index < -0.39 is 48.7 Å². The molecule has 1 amide bonds. The highest BCUT2D eigenvalue weighted by Gasteiger charge is 2.43. The van der Waals surface area contributed by atoms with Gasteiger partial charge in [-0.2, -0.15) is 4.98 Å². The van der Waals surface area contributed by atoms with Crippen LogP contribution in [-0.4, -0.2) is 66.8 Å². The van der Waals surface area contributed by atoms with Gasteiger partial charge in [-0.1, -0.05) is 0 Å². The average molecular weight is 341 g/mol. The smallest absolute Gasteiger partial charge is 0.351 e. The van der Waals surface area contributed by atoms with Gasteiger partial charge in [-0.3, -0.25) is 9.36 Å². The Morgan fingerprint density at radius 2 is 2.04 bits per heavy atom. The second-order valence-electron chi connectivity index (χ2n) is 4.89. The van der Waals surface area contributed by atoms with Crippen LogP contribution in [0.2, 0.25) is 0 Å². The minimum Gasteiger partial charge on any atom is -0.478 e. The quantitative estimate of drug-likeness (QED) is 0.361. The molecule has 0 spiro atoms. The van der Waals surface area contributed by atoms with Gasteiger partial charge in [0.1, 0.15) is 24.1 Å². The second-order valence-corrected chi connectivity index (χ2v) is 4.89. The number of anilines is 1. The number of nitrogens with zero attached hydrogens (tertiary/aromatic N) is 2. The fourth-order valence-electron chi connectivity index (χ4n) is 2.10. The maximum Gasteiger partial charge on any atom is 0.351 e. The summed E-state index contributed by atoms with van der Waals surface area (Å²) in [6.45, 7) is -0.541. The average Bonchev–Trinajstić information content (AvgIpc) is 2.81. The monoisotopic (exact) mass is 341 g/mol. The topological polar surface area (TPSA) is 171 Å². The molecule has 4 unspecified atom stereocenters. The Morgan fingerprint density at radius 1 is 1.33 bits per heavy atom. The Labute approximate surface area is 134 Å². The lowest BCUT2D eigenvalue weighted by molar-refractivity contribution is -0.131. The summed E-state index contributed by atoms with van der Waals surface area (Å²) in [7, 11) is 0. The van der Waals surface area contributed by atoms with Gasteiger partial charge in [0.15, 0.2) is 6.23 Å². The molecule has 1 aliphatic heterocycles. The van der Waals surface area contributed by atoms with Gasteiger partial charge < -0.3 is 30.5 Å². The molecule has 5 N–H and O–H groups in total. The number of aliphatic hydroxyl groups is 3. The van der Waals surface area contributed by atoms with Crippen molar-refractivity contribution in [1.29, 1.82) is 0 Å². The molecular weight excluding hydrogens is 326 g/mol. The molecule has 0 saturated carbocycles. The summed E-state index contributed by atoms with van der Waals surface area (Å²) in [5.41, 5.74) is -0.884. The molecule has 1 aromatic heterocycles. The molecule has 1 fully saturated rings. The van der Waals surface area contributed by atoms with Crippen LogP contribution < -0.4 is 11.0 Å². The van der Waals surface area contributed by atoms with Gasteiger partial charge in [0.25, 0.3) is 0 Å². The van der Waals surface area contributed by atoms with E-state index in [2.05, 4.69) is 10.3 Å². The van der Waals surface area contributed by atoms with Gasteiger partial charge in [-0.25, -0.2) is 9.59 Å². The zero-order valence-corrected chi connectivity index (χ0v) is 12.1. The van der Waals surface area contributed by atoms with E-state index in [1.54, 1.807) is 0 Å². The molecular formula is C13H15N3O8. The van der Waals surface area contributed by atoms with E-state index in [-0.39, 0.29) is 5.82 Å². The second kappa shape index (κ2) is 7.31. The van der Waals surface area contributed by atoms with E-state index in [4.69, 9.17) is 14.9 Å². The van der Waals surface area contributed by atoms with E-state index in [9.17, 15) is 24.6 Å². The van der Waals surface area contributed by atoms with Gasteiger partial charge >= 0.3 is 11.7 Å². The fourth-order valence-corrected chi connectivity index (χ4v) is 2.10. The van der Waals surface area contributed by atoms with E-state index in [1.807, 2.05) is 0 Å². The molecule has 11 heteroatoms. The predicted octanol–water partition coefficient (Wildman–Crippen LogP) is -2.57. The van der Waals surface area contributed by atoms with E-state index in [0.29, 0.717) is 6.08 Å². The zero-order chi connectivity index (χ0) is 17.9. The Hall–Kier alpha value is -2.60. The summed E-state index contributed by atoms with van der Waals surface area (Å²) in [5.74, 6) is -2.24. The maximum absolute atomic E-state index is 12.0. The van der Waals surface area contributed by atoms with Gasteiger partial charge in [0.05, 0.1) is 6.61 Å². The number of carbonyl (C=O) groups is 2. The number of amides is 1. The molecule has 0 aromatic carbocycles. The lowest BCUT2D eigenvalue weighted by atomic mass is 10.1. The summed E-state index contributed by atoms with van der Waals surface area (Å²) >= 11 is 0. The van der Waals surface area contributed by atoms with Crippen LogP contribution in [0.5, 0.6) is 0 Å². The van der Waals surface area contributed by atoms with Gasteiger partial charge in [0, 0.05) is 18.3 Å². The van der Waals surface area contributed by atoms with Crippen LogP contribution in [0.4, 0.5) is 5.82 Å². The normalized spacial score (nSPS) is 26.6. The first kappa shape index (κ1) is 17.7. The van der Waals surface area contributed by atoms with Gasteiger partial charge in [-0.05, 0) is 6.07 Å². The lowest BCUT2D eigenvalue weighted by Crippen LogP contribution is -2.36. The summed E-state index contributed by atoms with van der Waals surface area (Å²) < 4.78 is 6.09. The molecule has 2 heterocycles. The highest BCUT2D eigenvalue weighted by molar-refractivity contribution is 6.01. The first-order chi connectivity index (χ1) is 11.3. The summed E-state index contributed by atoms with van der Waals surface area (Å²) in [6.07, 6.45) is -2.55. The maximum atomic E-state index is 12.0. The summed E-state index contributed by atoms with van der Waals surface area (Å²) in [5, 5.41) is 39.2.